The summed E-state index contributed by atoms with van der Waals surface area (Å²) in [5, 5.41) is 7.87. The molecule has 0 saturated heterocycles. The summed E-state index contributed by atoms with van der Waals surface area (Å²) < 4.78 is 0. The number of amides is 2. The van der Waals surface area contributed by atoms with Crippen LogP contribution in [0.4, 0.5) is 5.69 Å². The normalized spacial score (nSPS) is 20.5. The van der Waals surface area contributed by atoms with Crippen LogP contribution in [-0.4, -0.2) is 43.5 Å². The molecular formula is C20H28N4O2. The second kappa shape index (κ2) is 8.47. The van der Waals surface area contributed by atoms with E-state index in [2.05, 4.69) is 22.1 Å². The smallest absolute Gasteiger partial charge is 0.261 e. The Morgan fingerprint density at radius 2 is 2.12 bits per heavy atom. The molecule has 2 aliphatic rings. The van der Waals surface area contributed by atoms with Crippen molar-refractivity contribution in [3.8, 4) is 0 Å². The number of carbonyl (C=O) groups is 2. The Bertz CT molecular complexity index is 714. The summed E-state index contributed by atoms with van der Waals surface area (Å²) in [6.45, 7) is 0.662. The average Bonchev–Trinajstić information content (AvgIpc) is 2.64. The third-order valence-corrected chi connectivity index (χ3v) is 5.17. The fraction of sp³-hybridized carbons (Fsp3) is 0.500. The molecule has 0 spiro atoms. The number of nitrogens with zero attached hydrogens (tertiary/aromatic N) is 1. The highest BCUT2D eigenvalue weighted by molar-refractivity contribution is 5.95. The van der Waals surface area contributed by atoms with E-state index in [1.807, 2.05) is 37.3 Å². The molecule has 1 aromatic rings. The number of rotatable bonds is 6. The summed E-state index contributed by atoms with van der Waals surface area (Å²) in [6, 6.07) is 8.18. The minimum atomic E-state index is 0.0100. The van der Waals surface area contributed by atoms with E-state index in [0.29, 0.717) is 13.0 Å². The van der Waals surface area contributed by atoms with Crippen LogP contribution in [0.3, 0.4) is 0 Å². The van der Waals surface area contributed by atoms with Crippen molar-refractivity contribution in [1.82, 2.24) is 15.8 Å². The van der Waals surface area contributed by atoms with E-state index in [-0.39, 0.29) is 17.9 Å². The maximum absolute atomic E-state index is 12.2. The van der Waals surface area contributed by atoms with Gasteiger partial charge in [0.15, 0.2) is 0 Å². The van der Waals surface area contributed by atoms with Crippen LogP contribution in [0, 0.1) is 0 Å². The second-order valence-corrected chi connectivity index (χ2v) is 7.08. The number of benzene rings is 1. The van der Waals surface area contributed by atoms with Crippen molar-refractivity contribution in [2.24, 2.45) is 0 Å². The van der Waals surface area contributed by atoms with Gasteiger partial charge in [-0.3, -0.25) is 15.0 Å². The first-order chi connectivity index (χ1) is 12.6. The average molecular weight is 356 g/mol. The van der Waals surface area contributed by atoms with Crippen molar-refractivity contribution >= 4 is 17.5 Å². The molecule has 6 heteroatoms. The molecule has 3 N–H and O–H groups in total. The Labute approximate surface area is 155 Å². The number of nitrogens with one attached hydrogen (secondary N) is 3. The molecule has 0 bridgehead atoms. The van der Waals surface area contributed by atoms with Gasteiger partial charge in [0.1, 0.15) is 0 Å². The molecule has 140 valence electrons. The lowest BCUT2D eigenvalue weighted by Gasteiger charge is -2.38. The molecular weight excluding hydrogens is 328 g/mol. The Morgan fingerprint density at radius 1 is 1.31 bits per heavy atom. The Balaban J connectivity index is 1.73. The summed E-state index contributed by atoms with van der Waals surface area (Å²) in [5.74, 6) is 0.0693. The molecule has 2 amide bonds. The van der Waals surface area contributed by atoms with E-state index in [9.17, 15) is 9.59 Å². The summed E-state index contributed by atoms with van der Waals surface area (Å²) >= 11 is 0. The van der Waals surface area contributed by atoms with E-state index in [1.165, 1.54) is 5.57 Å². The Kier molecular flexibility index (Phi) is 6.06. The summed E-state index contributed by atoms with van der Waals surface area (Å²) in [6.07, 6.45) is 5.39. The molecule has 1 aliphatic carbocycles. The van der Waals surface area contributed by atoms with Crippen LogP contribution < -0.4 is 16.1 Å². The minimum absolute atomic E-state index is 0.0100. The molecule has 0 radical (unpaired) electrons. The number of likely N-dealkylation sites (N-methyl/N-ethyl adjacent to an activating group) is 1. The van der Waals surface area contributed by atoms with E-state index < -0.39 is 0 Å². The molecule has 1 atom stereocenters. The first kappa shape index (κ1) is 18.6. The highest BCUT2D eigenvalue weighted by Gasteiger charge is 2.33. The largest absolute Gasteiger partial charge is 0.326 e. The Hall–Kier alpha value is -2.18. The molecule has 26 heavy (non-hydrogen) atoms. The van der Waals surface area contributed by atoms with Gasteiger partial charge >= 0.3 is 0 Å². The molecule has 3 rings (SSSR count). The van der Waals surface area contributed by atoms with Crippen molar-refractivity contribution < 1.29 is 9.59 Å². The van der Waals surface area contributed by atoms with Crippen LogP contribution >= 0.6 is 0 Å². The molecule has 1 aromatic carbocycles. The maximum atomic E-state index is 12.2. The first-order valence-electron chi connectivity index (χ1n) is 9.37. The van der Waals surface area contributed by atoms with Gasteiger partial charge in [-0.15, -0.1) is 0 Å². The fourth-order valence-corrected chi connectivity index (χ4v) is 3.82. The maximum Gasteiger partial charge on any atom is 0.261 e. The third-order valence-electron chi connectivity index (χ3n) is 5.17. The fourth-order valence-electron chi connectivity index (χ4n) is 3.82. The van der Waals surface area contributed by atoms with Crippen LogP contribution in [-0.2, 0) is 16.0 Å². The standard InChI is InChI=1S/C20H28N4O2/c1-21-11-10-19(25)22-15-7-5-6-14(12-15)13-18-16-8-3-4-9-17(16)20(26)23-24(18)2/h5-7,12,18,21H,3-4,8-11,13H2,1-2H3,(H,22,25)(H,23,26). The molecule has 1 unspecified atom stereocenters. The molecule has 0 saturated carbocycles. The van der Waals surface area contributed by atoms with Gasteiger partial charge < -0.3 is 10.6 Å². The van der Waals surface area contributed by atoms with E-state index in [4.69, 9.17) is 0 Å². The molecule has 6 nitrogen and oxygen atoms in total. The van der Waals surface area contributed by atoms with Gasteiger partial charge in [-0.05, 0) is 62.4 Å². The monoisotopic (exact) mass is 356 g/mol. The lowest BCUT2D eigenvalue weighted by molar-refractivity contribution is -0.124. The topological polar surface area (TPSA) is 73.5 Å². The lowest BCUT2D eigenvalue weighted by Crippen LogP contribution is -2.53. The molecule has 1 aliphatic heterocycles. The van der Waals surface area contributed by atoms with Gasteiger partial charge in [0, 0.05) is 31.3 Å². The predicted molar refractivity (Wildman–Crippen MR) is 103 cm³/mol. The van der Waals surface area contributed by atoms with Gasteiger partial charge in [0.2, 0.25) is 5.91 Å². The van der Waals surface area contributed by atoms with Gasteiger partial charge in [-0.25, -0.2) is 5.01 Å². The summed E-state index contributed by atoms with van der Waals surface area (Å²) in [7, 11) is 3.77. The number of hydrogen-bond donors (Lipinski definition) is 3. The van der Waals surface area contributed by atoms with Crippen molar-refractivity contribution in [2.45, 2.75) is 44.6 Å². The van der Waals surface area contributed by atoms with Crippen molar-refractivity contribution in [1.29, 1.82) is 0 Å². The highest BCUT2D eigenvalue weighted by atomic mass is 16.2. The number of carbonyl (C=O) groups excluding carboxylic acids is 2. The lowest BCUT2D eigenvalue weighted by atomic mass is 9.83. The zero-order chi connectivity index (χ0) is 18.5. The minimum Gasteiger partial charge on any atom is -0.326 e. The Morgan fingerprint density at radius 3 is 2.92 bits per heavy atom. The number of hydrogen-bond acceptors (Lipinski definition) is 4. The predicted octanol–water partition coefficient (Wildman–Crippen LogP) is 1.99. The summed E-state index contributed by atoms with van der Waals surface area (Å²) in [5.41, 5.74) is 7.22. The molecule has 0 aromatic heterocycles. The number of anilines is 1. The third kappa shape index (κ3) is 4.31. The van der Waals surface area contributed by atoms with Crippen LogP contribution in [0.5, 0.6) is 0 Å². The van der Waals surface area contributed by atoms with Crippen molar-refractivity contribution in [3.63, 3.8) is 0 Å². The van der Waals surface area contributed by atoms with Crippen LogP contribution in [0.25, 0.3) is 0 Å². The highest BCUT2D eigenvalue weighted by Crippen LogP contribution is 2.33. The molecule has 0 fully saturated rings. The van der Waals surface area contributed by atoms with Gasteiger partial charge in [-0.1, -0.05) is 12.1 Å². The van der Waals surface area contributed by atoms with E-state index in [1.54, 1.807) is 0 Å². The SMILES string of the molecule is CNCCC(=O)Nc1cccc(CC2C3=C(CCCC3)C(=O)NN2C)c1. The van der Waals surface area contributed by atoms with E-state index in [0.717, 1.165) is 48.9 Å². The van der Waals surface area contributed by atoms with Crippen LogP contribution in [0.2, 0.25) is 0 Å². The summed E-state index contributed by atoms with van der Waals surface area (Å²) in [4.78, 5) is 24.2. The second-order valence-electron chi connectivity index (χ2n) is 7.08. The van der Waals surface area contributed by atoms with Gasteiger partial charge in [0.25, 0.3) is 5.91 Å². The van der Waals surface area contributed by atoms with Crippen LogP contribution in [0.15, 0.2) is 35.4 Å². The van der Waals surface area contributed by atoms with Gasteiger partial charge in [0.05, 0.1) is 6.04 Å². The number of hydrazine groups is 1. The van der Waals surface area contributed by atoms with Crippen molar-refractivity contribution in [3.05, 3.63) is 41.0 Å². The zero-order valence-corrected chi connectivity index (χ0v) is 15.6. The van der Waals surface area contributed by atoms with E-state index >= 15 is 0 Å². The zero-order valence-electron chi connectivity index (χ0n) is 15.6. The van der Waals surface area contributed by atoms with Crippen molar-refractivity contribution in [2.75, 3.05) is 26.0 Å². The molecule has 1 heterocycles. The quantitative estimate of drug-likeness (QED) is 0.729. The van der Waals surface area contributed by atoms with Gasteiger partial charge in [-0.2, -0.15) is 0 Å². The van der Waals surface area contributed by atoms with Crippen LogP contribution in [0.1, 0.15) is 37.7 Å². The first-order valence-corrected chi connectivity index (χ1v) is 9.37.